The maximum atomic E-state index is 6.06. The fourth-order valence-electron chi connectivity index (χ4n) is 2.35. The topological polar surface area (TPSA) is 42.1 Å². The lowest BCUT2D eigenvalue weighted by Crippen LogP contribution is -2.37. The highest BCUT2D eigenvalue weighted by Crippen LogP contribution is 2.18. The van der Waals surface area contributed by atoms with Gasteiger partial charge in [-0.05, 0) is 38.9 Å². The minimum absolute atomic E-state index is 0.408. The van der Waals surface area contributed by atoms with Crippen molar-refractivity contribution in [2.75, 3.05) is 18.8 Å². The second-order valence-electron chi connectivity index (χ2n) is 5.00. The summed E-state index contributed by atoms with van der Waals surface area (Å²) in [5, 5.41) is 0.575. The van der Waals surface area contributed by atoms with E-state index in [2.05, 4.69) is 28.6 Å². The van der Waals surface area contributed by atoms with Gasteiger partial charge in [-0.15, -0.1) is 0 Å². The van der Waals surface area contributed by atoms with E-state index >= 15 is 0 Å². The van der Waals surface area contributed by atoms with Crippen LogP contribution in [0.1, 0.15) is 38.2 Å². The quantitative estimate of drug-likeness (QED) is 0.845. The summed E-state index contributed by atoms with van der Waals surface area (Å²) in [7, 11) is 0. The Bertz CT molecular complexity index is 464. The van der Waals surface area contributed by atoms with Gasteiger partial charge in [-0.25, -0.2) is 4.98 Å². The van der Waals surface area contributed by atoms with Crippen LogP contribution < -0.4 is 5.73 Å². The van der Waals surface area contributed by atoms with Crippen molar-refractivity contribution in [3.05, 3.63) is 22.8 Å². The summed E-state index contributed by atoms with van der Waals surface area (Å²) in [5.41, 5.74) is 6.42. The third-order valence-corrected chi connectivity index (χ3v) is 3.87. The number of nitrogens with zero attached hydrogens (tertiary/aromatic N) is 2. The van der Waals surface area contributed by atoms with Crippen LogP contribution in [0, 0.1) is 11.8 Å². The molecule has 2 N–H and O–H groups in total. The van der Waals surface area contributed by atoms with Crippen molar-refractivity contribution >= 4 is 17.4 Å². The van der Waals surface area contributed by atoms with E-state index in [9.17, 15) is 0 Å². The van der Waals surface area contributed by atoms with Crippen LogP contribution in [0.4, 0.5) is 5.82 Å². The molecule has 1 atom stereocenters. The third kappa shape index (κ3) is 3.86. The van der Waals surface area contributed by atoms with Crippen molar-refractivity contribution in [3.8, 4) is 11.8 Å². The molecule has 1 unspecified atom stereocenters. The molecule has 0 bridgehead atoms. The second kappa shape index (κ2) is 6.79. The van der Waals surface area contributed by atoms with E-state index < -0.39 is 0 Å². The SMILES string of the molecule is CC(CC#Cc1c(Cl)ccnc1N)N1CCCCC1. The molecule has 3 nitrogen and oxygen atoms in total. The Kier molecular flexibility index (Phi) is 5.07. The summed E-state index contributed by atoms with van der Waals surface area (Å²) in [6, 6.07) is 2.21. The van der Waals surface area contributed by atoms with E-state index in [1.807, 2.05) is 0 Å². The van der Waals surface area contributed by atoms with Crippen LogP contribution in [0.25, 0.3) is 0 Å². The number of halogens is 1. The zero-order chi connectivity index (χ0) is 13.7. The number of likely N-dealkylation sites (tertiary alicyclic amines) is 1. The van der Waals surface area contributed by atoms with Gasteiger partial charge in [0.15, 0.2) is 0 Å². The molecule has 0 amide bonds. The molecular weight excluding hydrogens is 258 g/mol. The molecule has 1 aliphatic heterocycles. The van der Waals surface area contributed by atoms with Crippen molar-refractivity contribution < 1.29 is 0 Å². The van der Waals surface area contributed by atoms with E-state index in [1.165, 1.54) is 32.4 Å². The van der Waals surface area contributed by atoms with Gasteiger partial charge < -0.3 is 5.73 Å². The number of nitrogen functional groups attached to an aromatic ring is 1. The summed E-state index contributed by atoms with van der Waals surface area (Å²) in [6.07, 6.45) is 6.40. The minimum atomic E-state index is 0.408. The molecule has 0 aliphatic carbocycles. The molecule has 1 aliphatic rings. The molecule has 0 aromatic carbocycles. The van der Waals surface area contributed by atoms with Gasteiger partial charge in [0.25, 0.3) is 0 Å². The summed E-state index contributed by atoms with van der Waals surface area (Å²) >= 11 is 6.06. The summed E-state index contributed by atoms with van der Waals surface area (Å²) < 4.78 is 0. The van der Waals surface area contributed by atoms with Crippen LogP contribution in [0.15, 0.2) is 12.3 Å². The Labute approximate surface area is 120 Å². The fourth-order valence-corrected chi connectivity index (χ4v) is 2.55. The number of anilines is 1. The monoisotopic (exact) mass is 277 g/mol. The molecule has 2 heterocycles. The number of piperidine rings is 1. The van der Waals surface area contributed by atoms with E-state index in [-0.39, 0.29) is 0 Å². The first-order valence-corrected chi connectivity index (χ1v) is 7.19. The summed E-state index contributed by atoms with van der Waals surface area (Å²) in [5.74, 6) is 6.65. The number of hydrogen-bond donors (Lipinski definition) is 1. The van der Waals surface area contributed by atoms with E-state index in [1.54, 1.807) is 12.3 Å². The molecule has 1 saturated heterocycles. The van der Waals surface area contributed by atoms with Crippen molar-refractivity contribution in [1.82, 2.24) is 9.88 Å². The molecular formula is C15H20ClN3. The number of nitrogens with two attached hydrogens (primary N) is 1. The van der Waals surface area contributed by atoms with E-state index in [0.717, 1.165) is 6.42 Å². The lowest BCUT2D eigenvalue weighted by Gasteiger charge is -2.31. The lowest BCUT2D eigenvalue weighted by atomic mass is 10.1. The van der Waals surface area contributed by atoms with Crippen LogP contribution in [0.5, 0.6) is 0 Å². The Morgan fingerprint density at radius 1 is 1.42 bits per heavy atom. The molecule has 102 valence electrons. The summed E-state index contributed by atoms with van der Waals surface area (Å²) in [6.45, 7) is 4.62. The van der Waals surface area contributed by atoms with Crippen molar-refractivity contribution in [2.24, 2.45) is 0 Å². The van der Waals surface area contributed by atoms with Gasteiger partial charge in [0.1, 0.15) is 5.82 Å². The predicted octanol–water partition coefficient (Wildman–Crippen LogP) is 2.93. The van der Waals surface area contributed by atoms with Gasteiger partial charge in [-0.2, -0.15) is 0 Å². The normalized spacial score (nSPS) is 17.6. The largest absolute Gasteiger partial charge is 0.383 e. The third-order valence-electron chi connectivity index (χ3n) is 3.55. The summed E-state index contributed by atoms with van der Waals surface area (Å²) in [4.78, 5) is 6.51. The van der Waals surface area contributed by atoms with Crippen LogP contribution in [0.3, 0.4) is 0 Å². The number of rotatable bonds is 2. The molecule has 19 heavy (non-hydrogen) atoms. The van der Waals surface area contributed by atoms with Gasteiger partial charge in [0.2, 0.25) is 0 Å². The van der Waals surface area contributed by atoms with Crippen molar-refractivity contribution in [3.63, 3.8) is 0 Å². The number of pyridine rings is 1. The molecule has 4 heteroatoms. The van der Waals surface area contributed by atoms with Gasteiger partial charge in [-0.1, -0.05) is 29.9 Å². The number of hydrogen-bond acceptors (Lipinski definition) is 3. The van der Waals surface area contributed by atoms with Crippen molar-refractivity contribution in [1.29, 1.82) is 0 Å². The molecule has 2 rings (SSSR count). The highest BCUT2D eigenvalue weighted by molar-refractivity contribution is 6.32. The van der Waals surface area contributed by atoms with Gasteiger partial charge in [0.05, 0.1) is 10.6 Å². The number of aromatic nitrogens is 1. The predicted molar refractivity (Wildman–Crippen MR) is 80.0 cm³/mol. The molecule has 0 saturated carbocycles. The van der Waals surface area contributed by atoms with Crippen LogP contribution in [-0.2, 0) is 0 Å². The maximum absolute atomic E-state index is 6.06. The molecule has 1 aromatic rings. The van der Waals surface area contributed by atoms with Crippen molar-refractivity contribution in [2.45, 2.75) is 38.6 Å². The first-order chi connectivity index (χ1) is 9.18. The van der Waals surface area contributed by atoms with E-state index in [0.29, 0.717) is 22.4 Å². The zero-order valence-electron chi connectivity index (χ0n) is 11.3. The van der Waals surface area contributed by atoms with Crippen LogP contribution in [0.2, 0.25) is 5.02 Å². The van der Waals surface area contributed by atoms with Gasteiger partial charge >= 0.3 is 0 Å². The highest BCUT2D eigenvalue weighted by Gasteiger charge is 2.15. The smallest absolute Gasteiger partial charge is 0.140 e. The molecule has 1 aromatic heterocycles. The molecule has 0 radical (unpaired) electrons. The van der Waals surface area contributed by atoms with Gasteiger partial charge in [-0.3, -0.25) is 4.90 Å². The first kappa shape index (κ1) is 14.2. The van der Waals surface area contributed by atoms with Crippen LogP contribution >= 0.6 is 11.6 Å². The maximum Gasteiger partial charge on any atom is 0.140 e. The average Bonchev–Trinajstić information content (AvgIpc) is 2.43. The zero-order valence-corrected chi connectivity index (χ0v) is 12.1. The molecule has 1 fully saturated rings. The Balaban J connectivity index is 1.96. The van der Waals surface area contributed by atoms with Gasteiger partial charge in [0, 0.05) is 18.7 Å². The standard InChI is InChI=1S/C15H20ClN3/c1-12(19-10-3-2-4-11-19)6-5-7-13-14(16)8-9-18-15(13)17/h8-9,12H,2-4,6,10-11H2,1H3,(H2,17,18). The highest BCUT2D eigenvalue weighted by atomic mass is 35.5. The lowest BCUT2D eigenvalue weighted by molar-refractivity contribution is 0.176. The fraction of sp³-hybridized carbons (Fsp3) is 0.533. The Hall–Kier alpha value is -1.24. The second-order valence-corrected chi connectivity index (χ2v) is 5.41. The average molecular weight is 278 g/mol. The Morgan fingerprint density at radius 3 is 2.84 bits per heavy atom. The first-order valence-electron chi connectivity index (χ1n) is 6.81. The Morgan fingerprint density at radius 2 is 2.16 bits per heavy atom. The minimum Gasteiger partial charge on any atom is -0.383 e. The van der Waals surface area contributed by atoms with Crippen LogP contribution in [-0.4, -0.2) is 29.0 Å². The van der Waals surface area contributed by atoms with E-state index in [4.69, 9.17) is 17.3 Å². The molecule has 0 spiro atoms.